The summed E-state index contributed by atoms with van der Waals surface area (Å²) in [7, 11) is 0. The first kappa shape index (κ1) is 26.1. The molecule has 3 heterocycles. The van der Waals surface area contributed by atoms with Gasteiger partial charge in [0, 0.05) is 54.9 Å². The number of carbonyl (C=O) groups excluding carboxylic acids is 2. The molecule has 9 heteroatoms. The molecule has 3 atom stereocenters. The fourth-order valence-electron chi connectivity index (χ4n) is 4.32. The minimum atomic E-state index is -0.608. The van der Waals surface area contributed by atoms with E-state index in [1.54, 1.807) is 18.2 Å². The van der Waals surface area contributed by atoms with Crippen LogP contribution in [0.15, 0.2) is 87.4 Å². The second-order valence-corrected chi connectivity index (χ2v) is 10.2. The number of benzene rings is 2. The van der Waals surface area contributed by atoms with Gasteiger partial charge in [-0.2, -0.15) is 0 Å². The highest BCUT2D eigenvalue weighted by atomic mass is 16.2. The van der Waals surface area contributed by atoms with E-state index in [1.807, 2.05) is 48.5 Å². The van der Waals surface area contributed by atoms with Crippen molar-refractivity contribution in [1.82, 2.24) is 10.6 Å². The predicted octanol–water partition coefficient (Wildman–Crippen LogP) is 3.38. The van der Waals surface area contributed by atoms with E-state index in [1.165, 1.54) is 6.21 Å². The van der Waals surface area contributed by atoms with Gasteiger partial charge in [-0.3, -0.25) is 24.6 Å². The number of rotatable bonds is 6. The summed E-state index contributed by atoms with van der Waals surface area (Å²) in [4.78, 5) is 39.1. The van der Waals surface area contributed by atoms with Crippen LogP contribution in [0.25, 0.3) is 0 Å². The Bertz CT molecular complexity index is 1370. The Hall–Kier alpha value is -4.53. The molecule has 3 unspecified atom stereocenters. The first-order valence-corrected chi connectivity index (χ1v) is 13.3. The summed E-state index contributed by atoms with van der Waals surface area (Å²) in [6, 6.07) is 15.1. The lowest BCUT2D eigenvalue weighted by molar-refractivity contribution is -0.117. The van der Waals surface area contributed by atoms with Gasteiger partial charge < -0.3 is 21.3 Å². The maximum Gasteiger partial charge on any atom is 0.274 e. The average molecular weight is 524 g/mol. The monoisotopic (exact) mass is 523 g/mol. The van der Waals surface area contributed by atoms with Gasteiger partial charge in [-0.05, 0) is 66.4 Å². The number of anilines is 2. The Balaban J connectivity index is 1.15. The van der Waals surface area contributed by atoms with E-state index in [4.69, 9.17) is 0 Å². The van der Waals surface area contributed by atoms with Gasteiger partial charge in [0.05, 0.1) is 5.92 Å². The molecule has 0 saturated heterocycles. The molecular formula is C30H33N7O2. The van der Waals surface area contributed by atoms with E-state index in [-0.39, 0.29) is 17.5 Å². The fourth-order valence-corrected chi connectivity index (χ4v) is 4.32. The summed E-state index contributed by atoms with van der Waals surface area (Å²) in [5.74, 6) is 1.61. The largest absolute Gasteiger partial charge is 0.370 e. The van der Waals surface area contributed by atoms with Gasteiger partial charge in [-0.25, -0.2) is 0 Å². The van der Waals surface area contributed by atoms with E-state index < -0.39 is 5.92 Å². The molecule has 5 rings (SSSR count). The van der Waals surface area contributed by atoms with E-state index in [0.717, 1.165) is 49.0 Å². The number of nitrogens with zero attached hydrogens (tertiary/aromatic N) is 3. The zero-order valence-corrected chi connectivity index (χ0v) is 22.1. The van der Waals surface area contributed by atoms with Crippen LogP contribution in [0.1, 0.15) is 25.0 Å². The van der Waals surface area contributed by atoms with E-state index in [0.29, 0.717) is 23.2 Å². The van der Waals surface area contributed by atoms with Crippen molar-refractivity contribution < 1.29 is 9.59 Å². The molecule has 0 fully saturated rings. The van der Waals surface area contributed by atoms with Gasteiger partial charge in [0.1, 0.15) is 17.4 Å². The molecule has 39 heavy (non-hydrogen) atoms. The smallest absolute Gasteiger partial charge is 0.274 e. The number of amidine groups is 2. The third-order valence-corrected chi connectivity index (χ3v) is 6.68. The first-order chi connectivity index (χ1) is 18.9. The van der Waals surface area contributed by atoms with Gasteiger partial charge in [0.2, 0.25) is 5.91 Å². The third kappa shape index (κ3) is 6.67. The molecule has 2 aromatic carbocycles. The summed E-state index contributed by atoms with van der Waals surface area (Å²) >= 11 is 0. The summed E-state index contributed by atoms with van der Waals surface area (Å²) < 4.78 is 0. The van der Waals surface area contributed by atoms with Crippen LogP contribution in [0.5, 0.6) is 0 Å². The topological polar surface area (TPSA) is 119 Å². The van der Waals surface area contributed by atoms with E-state index >= 15 is 0 Å². The van der Waals surface area contributed by atoms with Gasteiger partial charge in [-0.1, -0.05) is 26.0 Å². The van der Waals surface area contributed by atoms with Crippen molar-refractivity contribution in [3.63, 3.8) is 0 Å². The Morgan fingerprint density at radius 2 is 1.33 bits per heavy atom. The van der Waals surface area contributed by atoms with Crippen molar-refractivity contribution in [2.45, 2.75) is 13.8 Å². The highest BCUT2D eigenvalue weighted by Crippen LogP contribution is 2.17. The third-order valence-electron chi connectivity index (χ3n) is 6.68. The van der Waals surface area contributed by atoms with Gasteiger partial charge >= 0.3 is 0 Å². The lowest BCUT2D eigenvalue weighted by atomic mass is 10.1. The van der Waals surface area contributed by atoms with Gasteiger partial charge in [0.15, 0.2) is 0 Å². The maximum atomic E-state index is 12.9. The normalized spacial score (nSPS) is 22.3. The molecule has 0 aromatic heterocycles. The molecule has 3 aliphatic heterocycles. The molecule has 0 aliphatic carbocycles. The number of allylic oxidation sites excluding steroid dienone is 2. The summed E-state index contributed by atoms with van der Waals surface area (Å²) in [5.41, 5.74) is 3.51. The van der Waals surface area contributed by atoms with Crippen LogP contribution in [0.4, 0.5) is 11.4 Å². The standard InChI is InChI=1S/C30H33N7O2/c1-19-14-32-27(33-15-19)21-6-10-24(11-7-21)36-29(38)23-4-3-5-26(31-18-23)30(39)37-25-12-8-22(9-13-25)28-34-16-20(2)17-35-28/h3-13,18-20,23H,14-17H2,1-2H3,(H,32,33)(H,34,35)(H,36,38)(H,37,39). The second kappa shape index (κ2) is 11.9. The molecule has 2 aromatic rings. The lowest BCUT2D eigenvalue weighted by Crippen LogP contribution is -2.35. The highest BCUT2D eigenvalue weighted by molar-refractivity contribution is 6.08. The Morgan fingerprint density at radius 1 is 0.795 bits per heavy atom. The molecule has 0 spiro atoms. The minimum Gasteiger partial charge on any atom is -0.370 e. The van der Waals surface area contributed by atoms with Crippen molar-refractivity contribution in [3.8, 4) is 0 Å². The van der Waals surface area contributed by atoms with E-state index in [9.17, 15) is 9.59 Å². The van der Waals surface area contributed by atoms with Crippen LogP contribution < -0.4 is 21.3 Å². The average Bonchev–Trinajstić information content (AvgIpc) is 3.22. The quantitative estimate of drug-likeness (QED) is 0.464. The van der Waals surface area contributed by atoms with Crippen LogP contribution in [0.2, 0.25) is 0 Å². The number of amides is 2. The van der Waals surface area contributed by atoms with Crippen molar-refractivity contribution in [1.29, 1.82) is 0 Å². The van der Waals surface area contributed by atoms with Crippen molar-refractivity contribution in [2.75, 3.05) is 36.8 Å². The van der Waals surface area contributed by atoms with E-state index in [2.05, 4.69) is 50.1 Å². The molecule has 200 valence electrons. The van der Waals surface area contributed by atoms with Gasteiger partial charge in [0.25, 0.3) is 5.91 Å². The molecule has 0 saturated carbocycles. The van der Waals surface area contributed by atoms with Crippen molar-refractivity contribution in [2.24, 2.45) is 32.7 Å². The summed E-state index contributed by atoms with van der Waals surface area (Å²) in [5, 5.41) is 12.5. The fraction of sp³-hybridized carbons (Fsp3) is 0.300. The molecule has 0 radical (unpaired) electrons. The highest BCUT2D eigenvalue weighted by Gasteiger charge is 2.18. The van der Waals surface area contributed by atoms with Crippen LogP contribution >= 0.6 is 0 Å². The predicted molar refractivity (Wildman–Crippen MR) is 156 cm³/mol. The number of nitrogens with one attached hydrogen (secondary N) is 4. The first-order valence-electron chi connectivity index (χ1n) is 13.3. The van der Waals surface area contributed by atoms with Crippen LogP contribution in [-0.2, 0) is 9.59 Å². The van der Waals surface area contributed by atoms with Crippen molar-refractivity contribution >= 4 is 41.1 Å². The molecule has 0 bridgehead atoms. The lowest BCUT2D eigenvalue weighted by Gasteiger charge is -2.20. The minimum absolute atomic E-state index is 0.220. The number of carbonyl (C=O) groups is 2. The molecule has 3 aliphatic rings. The summed E-state index contributed by atoms with van der Waals surface area (Å²) in [6.45, 7) is 7.73. The SMILES string of the molecule is CC1CN=C(c2ccc(NC(=O)C3=CC=CC(C(=O)Nc4ccc(C5=NCC(C)CN5)cc4)C=N3)cc2)NC1. The van der Waals surface area contributed by atoms with Crippen LogP contribution in [0.3, 0.4) is 0 Å². The van der Waals surface area contributed by atoms with Crippen molar-refractivity contribution in [3.05, 3.63) is 83.6 Å². The zero-order valence-electron chi connectivity index (χ0n) is 22.1. The second-order valence-electron chi connectivity index (χ2n) is 10.2. The number of hydrogen-bond donors (Lipinski definition) is 4. The Labute approximate surface area is 228 Å². The molecule has 2 amide bonds. The van der Waals surface area contributed by atoms with Gasteiger partial charge in [-0.15, -0.1) is 0 Å². The Morgan fingerprint density at radius 3 is 1.85 bits per heavy atom. The number of aliphatic imine (C=N–C) groups is 3. The summed E-state index contributed by atoms with van der Waals surface area (Å²) in [6.07, 6.45) is 6.48. The zero-order chi connectivity index (χ0) is 27.2. The van der Waals surface area contributed by atoms with Crippen LogP contribution in [-0.4, -0.2) is 55.9 Å². The molecule has 9 nitrogen and oxygen atoms in total. The Kier molecular flexibility index (Phi) is 7.96. The molecular weight excluding hydrogens is 490 g/mol. The number of hydrogen-bond acceptors (Lipinski definition) is 7. The maximum absolute atomic E-state index is 12.9. The molecule has 4 N–H and O–H groups in total. The van der Waals surface area contributed by atoms with Crippen LogP contribution in [0, 0.1) is 17.8 Å².